The summed E-state index contributed by atoms with van der Waals surface area (Å²) in [6.07, 6.45) is 3.07. The molecule has 2 N–H and O–H groups in total. The topological polar surface area (TPSA) is 107 Å². The second-order valence-electron chi connectivity index (χ2n) is 9.74. The van der Waals surface area contributed by atoms with Crippen molar-refractivity contribution in [3.63, 3.8) is 0 Å². The molecule has 4 atom stereocenters. The number of aliphatic hydroxyl groups is 1. The number of carbonyl (C=O) groups excluding carboxylic acids is 2. The number of amides is 2. The van der Waals surface area contributed by atoms with Crippen LogP contribution < -0.4 is 0 Å². The van der Waals surface area contributed by atoms with Crippen molar-refractivity contribution in [1.29, 1.82) is 0 Å². The number of aliphatic hydroxyl groups excluding tert-OH is 1. The molecule has 2 aliphatic heterocycles. The lowest BCUT2D eigenvalue weighted by molar-refractivity contribution is -0.169. The molecule has 2 aromatic carbocycles. The predicted molar refractivity (Wildman–Crippen MR) is 129 cm³/mol. The van der Waals surface area contributed by atoms with Gasteiger partial charge in [0.05, 0.1) is 12.1 Å². The Hall–Kier alpha value is -3.65. The van der Waals surface area contributed by atoms with Gasteiger partial charge in [-0.05, 0) is 23.0 Å². The smallest absolute Gasteiger partial charge is 0.411 e. The summed E-state index contributed by atoms with van der Waals surface area (Å²) in [5.41, 5.74) is 1.02. The summed E-state index contributed by atoms with van der Waals surface area (Å²) in [5, 5.41) is 19.7. The number of cyclic esters (lactones) is 1. The summed E-state index contributed by atoms with van der Waals surface area (Å²) in [4.78, 5) is 41.4. The van der Waals surface area contributed by atoms with Crippen molar-refractivity contribution < 1.29 is 29.3 Å². The first kappa shape index (κ1) is 24.5. The van der Waals surface area contributed by atoms with Crippen LogP contribution >= 0.6 is 0 Å². The highest BCUT2D eigenvalue weighted by Crippen LogP contribution is 2.40. The number of nitrogens with zero attached hydrogens (tertiary/aromatic N) is 2. The minimum atomic E-state index is -1.15. The molecular weight excluding hydrogens is 448 g/mol. The van der Waals surface area contributed by atoms with E-state index in [1.165, 1.54) is 9.80 Å². The molecule has 2 heterocycles. The number of hydrogen-bond donors (Lipinski definition) is 2. The average molecular weight is 479 g/mol. The fraction of sp³-hybridized carbons (Fsp3) is 0.370. The van der Waals surface area contributed by atoms with E-state index in [1.807, 2.05) is 66.7 Å². The minimum Gasteiger partial charge on any atom is -0.480 e. The maximum atomic E-state index is 13.5. The fourth-order valence-corrected chi connectivity index (χ4v) is 4.70. The lowest BCUT2D eigenvalue weighted by Crippen LogP contribution is -2.74. The Balaban J connectivity index is 1.70. The average Bonchev–Trinajstić information content (AvgIpc) is 3.22. The summed E-state index contributed by atoms with van der Waals surface area (Å²) in [5.74, 6) is -1.60. The lowest BCUT2D eigenvalue weighted by Gasteiger charge is -2.52. The minimum absolute atomic E-state index is 0.0690. The zero-order valence-corrected chi connectivity index (χ0v) is 19.8. The Morgan fingerprint density at radius 2 is 1.74 bits per heavy atom. The molecule has 2 aromatic rings. The number of aliphatic carboxylic acids is 1. The van der Waals surface area contributed by atoms with Crippen molar-refractivity contribution in [3.8, 4) is 0 Å². The van der Waals surface area contributed by atoms with Crippen molar-refractivity contribution in [2.24, 2.45) is 5.41 Å². The summed E-state index contributed by atoms with van der Waals surface area (Å²) in [6, 6.07) is 15.6. The summed E-state index contributed by atoms with van der Waals surface area (Å²) in [7, 11) is 0. The zero-order chi connectivity index (χ0) is 25.2. The van der Waals surface area contributed by atoms with Crippen LogP contribution in [0.15, 0.2) is 66.7 Å². The molecule has 0 aromatic heterocycles. The quantitative estimate of drug-likeness (QED) is 0.536. The van der Waals surface area contributed by atoms with Crippen LogP contribution in [0, 0.1) is 5.41 Å². The first-order chi connectivity index (χ1) is 16.7. The van der Waals surface area contributed by atoms with Gasteiger partial charge in [-0.1, -0.05) is 86.7 Å². The van der Waals surface area contributed by atoms with Crippen molar-refractivity contribution in [2.45, 2.75) is 44.4 Å². The molecule has 0 saturated carbocycles. The monoisotopic (exact) mass is 478 g/mol. The molecule has 8 nitrogen and oxygen atoms in total. The van der Waals surface area contributed by atoms with Crippen LogP contribution in [0.1, 0.15) is 37.4 Å². The standard InChI is InChI=1S/C27H30N2O6/c1-27(2,17-30)15-21(25(32)33)28-20(14-13-18-9-5-3-6-10-18)23(24(28)31)29-22(16-35-26(29)34)19-11-7-4-8-12-19/h3-14,20-23,30H,15-17H2,1-2H3,(H,32,33)/t20?,21?,22-,23?/m1/s1. The Kier molecular flexibility index (Phi) is 6.93. The molecule has 2 amide bonds. The fourth-order valence-electron chi connectivity index (χ4n) is 4.70. The van der Waals surface area contributed by atoms with Crippen molar-refractivity contribution >= 4 is 24.0 Å². The van der Waals surface area contributed by atoms with E-state index < -0.39 is 47.6 Å². The summed E-state index contributed by atoms with van der Waals surface area (Å²) in [6.45, 7) is 3.40. The number of carbonyl (C=O) groups is 3. The molecule has 0 bridgehead atoms. The van der Waals surface area contributed by atoms with Gasteiger partial charge < -0.3 is 19.8 Å². The van der Waals surface area contributed by atoms with Crippen LogP contribution in [0.25, 0.3) is 6.08 Å². The SMILES string of the molecule is CC(C)(CO)CC(C(=O)O)N1C(=O)C(N2C(=O)OC[C@@H]2c2ccccc2)C1C=Cc1ccccc1. The van der Waals surface area contributed by atoms with Crippen molar-refractivity contribution in [2.75, 3.05) is 13.2 Å². The molecule has 184 valence electrons. The van der Waals surface area contributed by atoms with E-state index in [-0.39, 0.29) is 19.6 Å². The maximum Gasteiger partial charge on any atom is 0.411 e. The Morgan fingerprint density at radius 1 is 1.11 bits per heavy atom. The molecule has 3 unspecified atom stereocenters. The van der Waals surface area contributed by atoms with E-state index in [2.05, 4.69) is 0 Å². The highest BCUT2D eigenvalue weighted by atomic mass is 16.6. The molecule has 2 fully saturated rings. The van der Waals surface area contributed by atoms with Crippen molar-refractivity contribution in [3.05, 3.63) is 77.9 Å². The molecule has 2 aliphatic rings. The molecule has 8 heteroatoms. The van der Waals surface area contributed by atoms with E-state index in [9.17, 15) is 24.6 Å². The number of likely N-dealkylation sites (tertiary alicyclic amines) is 1. The van der Waals surface area contributed by atoms with Crippen LogP contribution in [0.5, 0.6) is 0 Å². The van der Waals surface area contributed by atoms with Gasteiger partial charge in [-0.3, -0.25) is 9.69 Å². The van der Waals surface area contributed by atoms with Crippen LogP contribution in [-0.2, 0) is 14.3 Å². The van der Waals surface area contributed by atoms with Gasteiger partial charge in [-0.15, -0.1) is 0 Å². The van der Waals surface area contributed by atoms with E-state index in [0.29, 0.717) is 0 Å². The molecular formula is C27H30N2O6. The zero-order valence-electron chi connectivity index (χ0n) is 19.8. The Morgan fingerprint density at radius 3 is 2.34 bits per heavy atom. The number of carboxylic acids is 1. The Labute approximate surface area is 204 Å². The van der Waals surface area contributed by atoms with Gasteiger partial charge in [0.15, 0.2) is 0 Å². The summed E-state index contributed by atoms with van der Waals surface area (Å²) >= 11 is 0. The van der Waals surface area contributed by atoms with E-state index in [0.717, 1.165) is 11.1 Å². The largest absolute Gasteiger partial charge is 0.480 e. The third-order valence-electron chi connectivity index (χ3n) is 6.63. The molecule has 0 radical (unpaired) electrons. The number of benzene rings is 2. The van der Waals surface area contributed by atoms with Crippen LogP contribution in [0.3, 0.4) is 0 Å². The second-order valence-corrected chi connectivity index (χ2v) is 9.74. The molecule has 4 rings (SSSR count). The van der Waals surface area contributed by atoms with Crippen LogP contribution in [-0.4, -0.2) is 69.3 Å². The number of β-lactam (4-membered cyclic amide) rings is 1. The predicted octanol–water partition coefficient (Wildman–Crippen LogP) is 3.33. The second kappa shape index (κ2) is 9.92. The van der Waals surface area contributed by atoms with Gasteiger partial charge in [0.1, 0.15) is 18.7 Å². The van der Waals surface area contributed by atoms with Gasteiger partial charge >= 0.3 is 12.1 Å². The van der Waals surface area contributed by atoms with Gasteiger partial charge in [0.2, 0.25) is 5.91 Å². The number of carboxylic acid groups (broad SMARTS) is 1. The Bertz CT molecular complexity index is 1100. The number of rotatable bonds is 9. The number of ether oxygens (including phenoxy) is 1. The maximum absolute atomic E-state index is 13.5. The molecule has 2 saturated heterocycles. The number of hydrogen-bond acceptors (Lipinski definition) is 5. The van der Waals surface area contributed by atoms with Crippen LogP contribution in [0.4, 0.5) is 4.79 Å². The van der Waals surface area contributed by atoms with E-state index in [1.54, 1.807) is 19.9 Å². The summed E-state index contributed by atoms with van der Waals surface area (Å²) < 4.78 is 5.33. The third-order valence-corrected chi connectivity index (χ3v) is 6.63. The highest BCUT2D eigenvalue weighted by molar-refractivity contribution is 5.97. The first-order valence-corrected chi connectivity index (χ1v) is 11.6. The highest BCUT2D eigenvalue weighted by Gasteiger charge is 2.58. The van der Waals surface area contributed by atoms with Gasteiger partial charge in [-0.2, -0.15) is 0 Å². The lowest BCUT2D eigenvalue weighted by atomic mass is 9.82. The van der Waals surface area contributed by atoms with Gasteiger partial charge in [0.25, 0.3) is 0 Å². The molecule has 0 spiro atoms. The van der Waals surface area contributed by atoms with Crippen LogP contribution in [0.2, 0.25) is 0 Å². The first-order valence-electron chi connectivity index (χ1n) is 11.6. The molecule has 0 aliphatic carbocycles. The van der Waals surface area contributed by atoms with E-state index >= 15 is 0 Å². The van der Waals surface area contributed by atoms with Crippen molar-refractivity contribution in [1.82, 2.24) is 9.80 Å². The normalized spacial score (nSPS) is 23.3. The van der Waals surface area contributed by atoms with Gasteiger partial charge in [0, 0.05) is 6.61 Å². The molecule has 35 heavy (non-hydrogen) atoms. The third kappa shape index (κ3) is 4.93. The van der Waals surface area contributed by atoms with Gasteiger partial charge in [-0.25, -0.2) is 9.59 Å². The van der Waals surface area contributed by atoms with E-state index in [4.69, 9.17) is 4.74 Å².